The molecule has 0 spiro atoms. The van der Waals surface area contributed by atoms with Gasteiger partial charge in [-0.3, -0.25) is 9.48 Å². The van der Waals surface area contributed by atoms with Gasteiger partial charge in [0.1, 0.15) is 6.10 Å². The number of aliphatic hydroxyl groups excluding tert-OH is 1. The highest BCUT2D eigenvalue weighted by Crippen LogP contribution is 2.25. The van der Waals surface area contributed by atoms with Gasteiger partial charge >= 0.3 is 5.97 Å². The molecule has 0 aliphatic carbocycles. The molecule has 0 aliphatic heterocycles. The second-order valence-electron chi connectivity index (χ2n) is 3.82. The van der Waals surface area contributed by atoms with Crippen molar-refractivity contribution in [3.05, 3.63) is 30.0 Å². The first kappa shape index (κ1) is 11.6. The Labute approximate surface area is 98.6 Å². The van der Waals surface area contributed by atoms with Gasteiger partial charge in [-0.15, -0.1) is 0 Å². The van der Waals surface area contributed by atoms with Gasteiger partial charge in [-0.25, -0.2) is 0 Å². The second kappa shape index (κ2) is 4.55. The SMILES string of the molecule is COC(=O)C[C@H](O)c1c2ccccc2nn1C. The van der Waals surface area contributed by atoms with Crippen molar-refractivity contribution in [2.45, 2.75) is 12.5 Å². The van der Waals surface area contributed by atoms with E-state index in [2.05, 4.69) is 9.84 Å². The van der Waals surface area contributed by atoms with Crippen molar-refractivity contribution in [3.8, 4) is 0 Å². The second-order valence-corrected chi connectivity index (χ2v) is 3.82. The molecule has 0 radical (unpaired) electrons. The van der Waals surface area contributed by atoms with E-state index < -0.39 is 12.1 Å². The number of carbonyl (C=O) groups excluding carboxylic acids is 1. The van der Waals surface area contributed by atoms with E-state index in [0.717, 1.165) is 10.9 Å². The van der Waals surface area contributed by atoms with Gasteiger partial charge < -0.3 is 9.84 Å². The summed E-state index contributed by atoms with van der Waals surface area (Å²) in [4.78, 5) is 11.2. The van der Waals surface area contributed by atoms with Crippen molar-refractivity contribution in [2.75, 3.05) is 7.11 Å². The molecule has 0 fully saturated rings. The van der Waals surface area contributed by atoms with Crippen LogP contribution in [0, 0.1) is 0 Å². The smallest absolute Gasteiger partial charge is 0.308 e. The lowest BCUT2D eigenvalue weighted by molar-refractivity contribution is -0.142. The van der Waals surface area contributed by atoms with Gasteiger partial charge in [0.15, 0.2) is 0 Å². The van der Waals surface area contributed by atoms with Crippen LogP contribution >= 0.6 is 0 Å². The van der Waals surface area contributed by atoms with Crippen molar-refractivity contribution in [1.82, 2.24) is 9.78 Å². The molecule has 17 heavy (non-hydrogen) atoms. The number of aromatic nitrogens is 2. The van der Waals surface area contributed by atoms with E-state index >= 15 is 0 Å². The molecular weight excluding hydrogens is 220 g/mol. The zero-order valence-electron chi connectivity index (χ0n) is 9.75. The Morgan fingerprint density at radius 3 is 2.94 bits per heavy atom. The number of hydrogen-bond acceptors (Lipinski definition) is 4. The third kappa shape index (κ3) is 2.14. The number of hydrogen-bond donors (Lipinski definition) is 1. The lowest BCUT2D eigenvalue weighted by Crippen LogP contribution is -2.11. The van der Waals surface area contributed by atoms with E-state index in [4.69, 9.17) is 0 Å². The Morgan fingerprint density at radius 1 is 1.53 bits per heavy atom. The molecule has 1 atom stereocenters. The van der Waals surface area contributed by atoms with Crippen molar-refractivity contribution >= 4 is 16.9 Å². The van der Waals surface area contributed by atoms with Crippen LogP contribution < -0.4 is 0 Å². The number of benzene rings is 1. The number of carbonyl (C=O) groups is 1. The Morgan fingerprint density at radius 2 is 2.24 bits per heavy atom. The third-order valence-electron chi connectivity index (χ3n) is 2.69. The predicted octanol–water partition coefficient (Wildman–Crippen LogP) is 1.17. The van der Waals surface area contributed by atoms with E-state index in [1.165, 1.54) is 7.11 Å². The molecular formula is C12H14N2O3. The first-order valence-electron chi connectivity index (χ1n) is 5.30. The van der Waals surface area contributed by atoms with Crippen LogP contribution in [0.15, 0.2) is 24.3 Å². The Kier molecular flexibility index (Phi) is 3.10. The maximum absolute atomic E-state index is 11.2. The van der Waals surface area contributed by atoms with Crippen LogP contribution in [0.4, 0.5) is 0 Å². The van der Waals surface area contributed by atoms with Crippen molar-refractivity contribution in [3.63, 3.8) is 0 Å². The normalized spacial score (nSPS) is 12.6. The summed E-state index contributed by atoms with van der Waals surface area (Å²) in [5.74, 6) is -0.442. The number of esters is 1. The van der Waals surface area contributed by atoms with Gasteiger partial charge in [-0.05, 0) is 6.07 Å². The number of ether oxygens (including phenoxy) is 1. The molecule has 2 rings (SSSR count). The van der Waals surface area contributed by atoms with E-state index in [1.807, 2.05) is 24.3 Å². The van der Waals surface area contributed by atoms with Gasteiger partial charge in [-0.1, -0.05) is 18.2 Å². The highest BCUT2D eigenvalue weighted by molar-refractivity contribution is 5.82. The molecule has 5 nitrogen and oxygen atoms in total. The minimum absolute atomic E-state index is 0.0694. The molecule has 0 bridgehead atoms. The minimum Gasteiger partial charge on any atom is -0.469 e. The molecule has 0 saturated heterocycles. The molecule has 1 heterocycles. The van der Waals surface area contributed by atoms with Gasteiger partial charge in [0, 0.05) is 12.4 Å². The Bertz CT molecular complexity index is 548. The summed E-state index contributed by atoms with van der Waals surface area (Å²) in [6, 6.07) is 7.49. The topological polar surface area (TPSA) is 64.3 Å². The molecule has 90 valence electrons. The van der Waals surface area contributed by atoms with Gasteiger partial charge in [0.05, 0.1) is 24.7 Å². The first-order valence-corrected chi connectivity index (χ1v) is 5.30. The van der Waals surface area contributed by atoms with Crippen LogP contribution in [0.2, 0.25) is 0 Å². The first-order chi connectivity index (χ1) is 8.13. The van der Waals surface area contributed by atoms with E-state index in [0.29, 0.717) is 5.69 Å². The lowest BCUT2D eigenvalue weighted by atomic mass is 10.1. The minimum atomic E-state index is -0.903. The fourth-order valence-electron chi connectivity index (χ4n) is 1.90. The Hall–Kier alpha value is -1.88. The summed E-state index contributed by atoms with van der Waals surface area (Å²) >= 11 is 0. The summed E-state index contributed by atoms with van der Waals surface area (Å²) in [5, 5.41) is 15.2. The molecule has 0 aliphatic rings. The molecule has 0 amide bonds. The monoisotopic (exact) mass is 234 g/mol. The number of nitrogens with zero attached hydrogens (tertiary/aromatic N) is 2. The maximum atomic E-state index is 11.2. The van der Waals surface area contributed by atoms with Gasteiger partial charge in [0.25, 0.3) is 0 Å². The third-order valence-corrected chi connectivity index (χ3v) is 2.69. The molecule has 5 heteroatoms. The molecule has 2 aromatic rings. The van der Waals surface area contributed by atoms with Crippen LogP contribution in [0.3, 0.4) is 0 Å². The van der Waals surface area contributed by atoms with E-state index in [-0.39, 0.29) is 6.42 Å². The molecule has 0 unspecified atom stereocenters. The molecule has 1 aromatic heterocycles. The Balaban J connectivity index is 2.40. The molecule has 1 aromatic carbocycles. The standard InChI is InChI=1S/C12H14N2O3/c1-14-12(10(15)7-11(16)17-2)8-5-3-4-6-9(8)13-14/h3-6,10,15H,7H2,1-2H3/t10-/m0/s1. The maximum Gasteiger partial charge on any atom is 0.308 e. The molecule has 0 saturated carbocycles. The van der Waals surface area contributed by atoms with Crippen LogP contribution in [-0.4, -0.2) is 28.0 Å². The lowest BCUT2D eigenvalue weighted by Gasteiger charge is -2.10. The van der Waals surface area contributed by atoms with E-state index in [1.54, 1.807) is 11.7 Å². The van der Waals surface area contributed by atoms with Crippen LogP contribution in [0.25, 0.3) is 10.9 Å². The summed E-state index contributed by atoms with van der Waals surface area (Å²) in [6.07, 6.45) is -0.972. The number of aliphatic hydroxyl groups is 1. The number of rotatable bonds is 3. The predicted molar refractivity (Wildman–Crippen MR) is 62.3 cm³/mol. The van der Waals surface area contributed by atoms with Gasteiger partial charge in [-0.2, -0.15) is 5.10 Å². The average Bonchev–Trinajstić information content (AvgIpc) is 2.64. The van der Waals surface area contributed by atoms with E-state index in [9.17, 15) is 9.90 Å². The van der Waals surface area contributed by atoms with Gasteiger partial charge in [0.2, 0.25) is 0 Å². The number of methoxy groups -OCH3 is 1. The highest BCUT2D eigenvalue weighted by atomic mass is 16.5. The average molecular weight is 234 g/mol. The highest BCUT2D eigenvalue weighted by Gasteiger charge is 2.20. The fraction of sp³-hybridized carbons (Fsp3) is 0.333. The number of aryl methyl sites for hydroxylation is 1. The van der Waals surface area contributed by atoms with Crippen molar-refractivity contribution in [1.29, 1.82) is 0 Å². The molecule has 1 N–H and O–H groups in total. The zero-order chi connectivity index (χ0) is 12.4. The largest absolute Gasteiger partial charge is 0.469 e. The van der Waals surface area contributed by atoms with Crippen LogP contribution in [-0.2, 0) is 16.6 Å². The summed E-state index contributed by atoms with van der Waals surface area (Å²) < 4.78 is 6.14. The van der Waals surface area contributed by atoms with Crippen LogP contribution in [0.1, 0.15) is 18.2 Å². The van der Waals surface area contributed by atoms with Crippen molar-refractivity contribution < 1.29 is 14.6 Å². The quantitative estimate of drug-likeness (QED) is 0.810. The number of fused-ring (bicyclic) bond motifs is 1. The summed E-state index contributed by atoms with van der Waals surface area (Å²) in [5.41, 5.74) is 1.43. The summed E-state index contributed by atoms with van der Waals surface area (Å²) in [6.45, 7) is 0. The van der Waals surface area contributed by atoms with Crippen LogP contribution in [0.5, 0.6) is 0 Å². The summed E-state index contributed by atoms with van der Waals surface area (Å²) in [7, 11) is 3.05. The zero-order valence-corrected chi connectivity index (χ0v) is 9.75. The van der Waals surface area contributed by atoms with Crippen molar-refractivity contribution in [2.24, 2.45) is 7.05 Å². The fourth-order valence-corrected chi connectivity index (χ4v) is 1.90.